The molecule has 2 N–H and O–H groups in total. The lowest BCUT2D eigenvalue weighted by molar-refractivity contribution is -0.138. The summed E-state index contributed by atoms with van der Waals surface area (Å²) in [5, 5.41) is 22.1. The van der Waals surface area contributed by atoms with E-state index in [1.165, 1.54) is 5.56 Å². The maximum atomic E-state index is 11.5. The third-order valence-electron chi connectivity index (χ3n) is 7.83. The first-order chi connectivity index (χ1) is 19.6. The Bertz CT molecular complexity index is 1580. The number of aliphatic hydroxyl groups is 1. The first kappa shape index (κ1) is 32.6. The van der Waals surface area contributed by atoms with Crippen molar-refractivity contribution in [3.63, 3.8) is 0 Å². The van der Waals surface area contributed by atoms with Crippen molar-refractivity contribution in [2.75, 3.05) is 5.75 Å². The summed E-state index contributed by atoms with van der Waals surface area (Å²) >= 11 is 8.04. The summed E-state index contributed by atoms with van der Waals surface area (Å²) in [5.74, 6) is 0.122. The molecule has 216 valence electrons. The number of halogens is 1. The standard InChI is InChI=1S/C35H36ClNO3S.Mg.2H/c1-34(2,40)30-9-4-3-7-25(30)13-17-32(41-23-35(18-19-35)22-33(38)39)27-8-5-6-24(20-27)10-15-29-16-12-26-11-14-28(36)21-31(26)37-29;;;/h3-12,14-16,20-21,32,40H,13,17-19,22-23H2,1-2H3,(H,38,39);;;/b15-10+;;;. The van der Waals surface area contributed by atoms with Gasteiger partial charge in [0.2, 0.25) is 0 Å². The molecule has 0 radical (unpaired) electrons. The summed E-state index contributed by atoms with van der Waals surface area (Å²) in [6, 6.07) is 26.5. The third-order valence-corrected chi connectivity index (χ3v) is 9.76. The van der Waals surface area contributed by atoms with Gasteiger partial charge in [-0.05, 0) is 91.5 Å². The summed E-state index contributed by atoms with van der Waals surface area (Å²) in [4.78, 5) is 16.2. The highest BCUT2D eigenvalue weighted by Gasteiger charge is 2.44. The maximum Gasteiger partial charge on any atom is 0.316 e. The Morgan fingerprint density at radius 1 is 1.05 bits per heavy atom. The molecule has 4 nitrogen and oxygen atoms in total. The molecule has 1 atom stereocenters. The molecule has 0 amide bonds. The van der Waals surface area contributed by atoms with Crippen molar-refractivity contribution in [2.24, 2.45) is 5.41 Å². The number of fused-ring (bicyclic) bond motifs is 1. The number of hydrogen-bond acceptors (Lipinski definition) is 4. The molecule has 0 aliphatic heterocycles. The number of aliphatic carboxylic acids is 1. The molecule has 5 rings (SSSR count). The Kier molecular flexibility index (Phi) is 10.8. The molecule has 1 fully saturated rings. The molecule has 1 heterocycles. The predicted molar refractivity (Wildman–Crippen MR) is 180 cm³/mol. The van der Waals surface area contributed by atoms with Gasteiger partial charge in [-0.2, -0.15) is 11.8 Å². The molecule has 1 saturated carbocycles. The van der Waals surface area contributed by atoms with Gasteiger partial charge in [0.1, 0.15) is 0 Å². The van der Waals surface area contributed by atoms with Gasteiger partial charge in [0.25, 0.3) is 0 Å². The second-order valence-corrected chi connectivity index (χ2v) is 13.3. The minimum absolute atomic E-state index is 0. The second kappa shape index (κ2) is 14.0. The summed E-state index contributed by atoms with van der Waals surface area (Å²) in [6.45, 7) is 3.66. The number of hydrogen-bond donors (Lipinski definition) is 2. The second-order valence-electron chi connectivity index (χ2n) is 11.7. The summed E-state index contributed by atoms with van der Waals surface area (Å²) in [5.41, 5.74) is 5.15. The van der Waals surface area contributed by atoms with E-state index in [4.69, 9.17) is 16.6 Å². The molecule has 4 aromatic rings. The van der Waals surface area contributed by atoms with Crippen LogP contribution in [-0.2, 0) is 16.8 Å². The zero-order valence-corrected chi connectivity index (χ0v) is 25.1. The zero-order chi connectivity index (χ0) is 29.0. The smallest absolute Gasteiger partial charge is 0.316 e. The Balaban J connectivity index is 0.00000405. The fourth-order valence-corrected chi connectivity index (χ4v) is 7.09. The first-order valence-electron chi connectivity index (χ1n) is 14.1. The number of carbonyl (C=O) groups is 1. The minimum Gasteiger partial charge on any atom is -0.481 e. The fraction of sp³-hybridized carbons (Fsp3) is 0.314. The van der Waals surface area contributed by atoms with Crippen LogP contribution in [0.15, 0.2) is 78.9 Å². The van der Waals surface area contributed by atoms with Crippen molar-refractivity contribution in [1.82, 2.24) is 4.98 Å². The number of rotatable bonds is 12. The van der Waals surface area contributed by atoms with Gasteiger partial charge in [0.05, 0.1) is 23.2 Å². The number of thioether (sulfide) groups is 1. The van der Waals surface area contributed by atoms with Gasteiger partial charge in [0.15, 0.2) is 0 Å². The van der Waals surface area contributed by atoms with Crippen LogP contribution < -0.4 is 0 Å². The van der Waals surface area contributed by atoms with Crippen molar-refractivity contribution >= 4 is 75.4 Å². The number of aromatic nitrogens is 1. The Morgan fingerprint density at radius 3 is 2.55 bits per heavy atom. The number of benzene rings is 3. The van der Waals surface area contributed by atoms with Gasteiger partial charge in [0, 0.05) is 21.4 Å². The summed E-state index contributed by atoms with van der Waals surface area (Å²) in [6.07, 6.45) is 8.02. The number of nitrogens with zero attached hydrogens (tertiary/aromatic N) is 1. The molecule has 42 heavy (non-hydrogen) atoms. The average molecular weight is 613 g/mol. The third kappa shape index (κ3) is 8.61. The molecular weight excluding hydrogens is 574 g/mol. The van der Waals surface area contributed by atoms with E-state index in [1.54, 1.807) is 0 Å². The van der Waals surface area contributed by atoms with Gasteiger partial charge in [-0.1, -0.05) is 78.3 Å². The monoisotopic (exact) mass is 611 g/mol. The lowest BCUT2D eigenvalue weighted by Crippen LogP contribution is -2.18. The first-order valence-corrected chi connectivity index (χ1v) is 15.5. The van der Waals surface area contributed by atoms with Crippen LogP contribution >= 0.6 is 23.4 Å². The highest BCUT2D eigenvalue weighted by atomic mass is 35.5. The van der Waals surface area contributed by atoms with Gasteiger partial charge < -0.3 is 10.2 Å². The predicted octanol–water partition coefficient (Wildman–Crippen LogP) is 8.03. The van der Waals surface area contributed by atoms with Crippen LogP contribution in [0.1, 0.15) is 72.7 Å². The van der Waals surface area contributed by atoms with Gasteiger partial charge in [-0.25, -0.2) is 4.98 Å². The minimum atomic E-state index is -0.911. The van der Waals surface area contributed by atoms with E-state index in [-0.39, 0.29) is 40.1 Å². The molecule has 3 aromatic carbocycles. The molecule has 0 bridgehead atoms. The van der Waals surface area contributed by atoms with E-state index in [9.17, 15) is 15.0 Å². The van der Waals surface area contributed by atoms with Crippen molar-refractivity contribution < 1.29 is 15.0 Å². The topological polar surface area (TPSA) is 70.4 Å². The quantitative estimate of drug-likeness (QED) is 0.159. The van der Waals surface area contributed by atoms with Crippen LogP contribution in [0.4, 0.5) is 0 Å². The van der Waals surface area contributed by atoms with E-state index in [0.29, 0.717) is 5.02 Å². The highest BCUT2D eigenvalue weighted by molar-refractivity contribution is 7.99. The van der Waals surface area contributed by atoms with E-state index in [1.807, 2.05) is 74.1 Å². The normalized spacial score (nSPS) is 15.0. The maximum absolute atomic E-state index is 11.5. The highest BCUT2D eigenvalue weighted by Crippen LogP contribution is 2.53. The van der Waals surface area contributed by atoms with Gasteiger partial charge >= 0.3 is 29.0 Å². The largest absolute Gasteiger partial charge is 0.481 e. The lowest BCUT2D eigenvalue weighted by atomic mass is 9.90. The van der Waals surface area contributed by atoms with Crippen LogP contribution in [0, 0.1) is 5.41 Å². The summed E-state index contributed by atoms with van der Waals surface area (Å²) in [7, 11) is 0. The Hall–Kier alpha value is -2.35. The van der Waals surface area contributed by atoms with Crippen molar-refractivity contribution in [1.29, 1.82) is 0 Å². The van der Waals surface area contributed by atoms with E-state index >= 15 is 0 Å². The summed E-state index contributed by atoms with van der Waals surface area (Å²) < 4.78 is 0. The van der Waals surface area contributed by atoms with E-state index in [2.05, 4.69) is 42.5 Å². The molecule has 7 heteroatoms. The van der Waals surface area contributed by atoms with Gasteiger partial charge in [-0.3, -0.25) is 4.79 Å². The van der Waals surface area contributed by atoms with Crippen LogP contribution in [-0.4, -0.2) is 50.0 Å². The molecule has 0 spiro atoms. The van der Waals surface area contributed by atoms with E-state index < -0.39 is 11.6 Å². The number of carboxylic acids is 1. The molecule has 1 unspecified atom stereocenters. The average Bonchev–Trinajstić information content (AvgIpc) is 3.70. The molecule has 0 saturated heterocycles. The zero-order valence-electron chi connectivity index (χ0n) is 23.5. The van der Waals surface area contributed by atoms with Crippen LogP contribution in [0.5, 0.6) is 0 Å². The van der Waals surface area contributed by atoms with E-state index in [0.717, 1.165) is 64.7 Å². The molecular formula is C35H38ClMgNO3S. The molecule has 1 aliphatic carbocycles. The Labute approximate surface area is 273 Å². The lowest BCUT2D eigenvalue weighted by Gasteiger charge is -2.24. The SMILES string of the molecule is CC(C)(O)c1ccccc1CCC(SCC1(CC(=O)O)CC1)c1cccc(/C=C/c2ccc3ccc(Cl)cc3n2)c1.[MgH2]. The van der Waals surface area contributed by atoms with Crippen LogP contribution in [0.2, 0.25) is 5.02 Å². The molecule has 1 aromatic heterocycles. The van der Waals surface area contributed by atoms with Crippen LogP contribution in [0.25, 0.3) is 23.1 Å². The van der Waals surface area contributed by atoms with Crippen molar-refractivity contribution in [3.05, 3.63) is 112 Å². The van der Waals surface area contributed by atoms with Gasteiger partial charge in [-0.15, -0.1) is 0 Å². The number of pyridine rings is 1. The number of carboxylic acid groups (broad SMARTS) is 1. The molecule has 1 aliphatic rings. The van der Waals surface area contributed by atoms with Crippen LogP contribution in [0.3, 0.4) is 0 Å². The Morgan fingerprint density at radius 2 is 1.81 bits per heavy atom. The fourth-order valence-electron chi connectivity index (χ4n) is 5.36. The van der Waals surface area contributed by atoms with Crippen molar-refractivity contribution in [3.8, 4) is 0 Å². The number of aryl methyl sites for hydroxylation is 1. The van der Waals surface area contributed by atoms with Crippen molar-refractivity contribution in [2.45, 2.75) is 56.8 Å².